The van der Waals surface area contributed by atoms with E-state index in [9.17, 15) is 4.79 Å². The summed E-state index contributed by atoms with van der Waals surface area (Å²) >= 11 is 3.61. The van der Waals surface area contributed by atoms with Crippen LogP contribution >= 0.6 is 23.1 Å². The number of likely N-dealkylation sites (tertiary alicyclic amines) is 1. The highest BCUT2D eigenvalue weighted by Crippen LogP contribution is 2.41. The fourth-order valence-electron chi connectivity index (χ4n) is 2.97. The average molecular weight is 311 g/mol. The van der Waals surface area contributed by atoms with Gasteiger partial charge in [-0.3, -0.25) is 4.79 Å². The van der Waals surface area contributed by atoms with Crippen molar-refractivity contribution in [2.45, 2.75) is 25.0 Å². The molecule has 3 nitrogen and oxygen atoms in total. The van der Waals surface area contributed by atoms with Crippen molar-refractivity contribution in [1.82, 2.24) is 4.90 Å². The van der Waals surface area contributed by atoms with E-state index in [1.807, 2.05) is 23.6 Å². The molecule has 1 fully saturated rings. The molecule has 0 bridgehead atoms. The van der Waals surface area contributed by atoms with Gasteiger partial charge in [0.15, 0.2) is 0 Å². The Bertz CT molecular complexity index is 474. The molecule has 0 N–H and O–H groups in total. The fourth-order valence-corrected chi connectivity index (χ4v) is 5.34. The van der Waals surface area contributed by atoms with Gasteiger partial charge in [0.05, 0.1) is 6.61 Å². The SMILES string of the molecule is CCOC[C@@H]1CCN(C(=O)[C@H]2SCCc3sccc32)C1. The Kier molecular flexibility index (Phi) is 4.68. The molecule has 0 aromatic carbocycles. The Morgan fingerprint density at radius 3 is 3.30 bits per heavy atom. The molecule has 1 amide bonds. The number of nitrogens with zero attached hydrogens (tertiary/aromatic N) is 1. The van der Waals surface area contributed by atoms with Gasteiger partial charge < -0.3 is 9.64 Å². The second kappa shape index (κ2) is 6.50. The first-order valence-corrected chi connectivity index (χ1v) is 9.26. The molecule has 1 aromatic rings. The minimum absolute atomic E-state index is 0.0378. The summed E-state index contributed by atoms with van der Waals surface area (Å²) in [6.45, 7) is 5.35. The normalized spacial score (nSPS) is 25.8. The first kappa shape index (κ1) is 14.4. The summed E-state index contributed by atoms with van der Waals surface area (Å²) < 4.78 is 5.49. The molecule has 0 saturated carbocycles. The van der Waals surface area contributed by atoms with Crippen LogP contribution in [0.4, 0.5) is 0 Å². The van der Waals surface area contributed by atoms with Crippen LogP contribution < -0.4 is 0 Å². The van der Waals surface area contributed by atoms with Crippen molar-refractivity contribution in [3.8, 4) is 0 Å². The number of hydrogen-bond acceptors (Lipinski definition) is 4. The second-order valence-corrected chi connectivity index (χ2v) is 7.61. The maximum Gasteiger partial charge on any atom is 0.240 e. The van der Waals surface area contributed by atoms with Gasteiger partial charge in [0, 0.05) is 30.5 Å². The van der Waals surface area contributed by atoms with E-state index in [1.54, 1.807) is 11.3 Å². The van der Waals surface area contributed by atoms with Gasteiger partial charge >= 0.3 is 0 Å². The molecule has 3 heterocycles. The maximum absolute atomic E-state index is 12.7. The van der Waals surface area contributed by atoms with E-state index in [0.29, 0.717) is 11.8 Å². The van der Waals surface area contributed by atoms with Crippen LogP contribution in [0.2, 0.25) is 0 Å². The van der Waals surface area contributed by atoms with Crippen molar-refractivity contribution >= 4 is 29.0 Å². The zero-order chi connectivity index (χ0) is 13.9. The van der Waals surface area contributed by atoms with Crippen molar-refractivity contribution in [2.75, 3.05) is 32.1 Å². The minimum atomic E-state index is 0.0378. The number of rotatable bonds is 4. The molecule has 0 spiro atoms. The molecule has 2 aliphatic rings. The zero-order valence-corrected chi connectivity index (χ0v) is 13.5. The minimum Gasteiger partial charge on any atom is -0.381 e. The van der Waals surface area contributed by atoms with Crippen LogP contribution in [0.15, 0.2) is 11.4 Å². The van der Waals surface area contributed by atoms with Crippen molar-refractivity contribution in [2.24, 2.45) is 5.92 Å². The summed E-state index contributed by atoms with van der Waals surface area (Å²) in [5.41, 5.74) is 1.27. The number of carbonyl (C=O) groups is 1. The van der Waals surface area contributed by atoms with E-state index in [1.165, 1.54) is 10.4 Å². The lowest BCUT2D eigenvalue weighted by molar-refractivity contribution is -0.129. The Labute approximate surface area is 128 Å². The fraction of sp³-hybridized carbons (Fsp3) is 0.667. The Balaban J connectivity index is 1.63. The third-order valence-electron chi connectivity index (χ3n) is 4.06. The Morgan fingerprint density at radius 1 is 1.55 bits per heavy atom. The van der Waals surface area contributed by atoms with E-state index >= 15 is 0 Å². The predicted octanol–water partition coefficient (Wildman–Crippen LogP) is 2.96. The molecule has 20 heavy (non-hydrogen) atoms. The van der Waals surface area contributed by atoms with Gasteiger partial charge in [-0.2, -0.15) is 0 Å². The van der Waals surface area contributed by atoms with Gasteiger partial charge in [0.2, 0.25) is 5.91 Å². The van der Waals surface area contributed by atoms with Crippen LogP contribution in [-0.4, -0.2) is 42.9 Å². The first-order chi connectivity index (χ1) is 9.79. The molecule has 0 unspecified atom stereocenters. The highest BCUT2D eigenvalue weighted by molar-refractivity contribution is 8.00. The first-order valence-electron chi connectivity index (χ1n) is 7.34. The highest BCUT2D eigenvalue weighted by Gasteiger charge is 2.34. The number of fused-ring (bicyclic) bond motifs is 1. The van der Waals surface area contributed by atoms with Gasteiger partial charge in [-0.1, -0.05) is 0 Å². The third-order valence-corrected chi connectivity index (χ3v) is 6.28. The number of thioether (sulfide) groups is 1. The quantitative estimate of drug-likeness (QED) is 0.856. The monoisotopic (exact) mass is 311 g/mol. The third kappa shape index (κ3) is 2.90. The lowest BCUT2D eigenvalue weighted by Crippen LogP contribution is -2.33. The molecule has 0 aliphatic carbocycles. The largest absolute Gasteiger partial charge is 0.381 e. The van der Waals surface area contributed by atoms with Crippen LogP contribution in [0.5, 0.6) is 0 Å². The van der Waals surface area contributed by atoms with E-state index in [4.69, 9.17) is 4.74 Å². The molecular formula is C15H21NO2S2. The molecule has 2 atom stereocenters. The zero-order valence-electron chi connectivity index (χ0n) is 11.8. The smallest absolute Gasteiger partial charge is 0.240 e. The molecule has 1 saturated heterocycles. The number of hydrogen-bond donors (Lipinski definition) is 0. The lowest BCUT2D eigenvalue weighted by atomic mass is 10.1. The topological polar surface area (TPSA) is 29.5 Å². The molecule has 1 aromatic heterocycles. The average Bonchev–Trinajstić information content (AvgIpc) is 3.12. The molecular weight excluding hydrogens is 290 g/mol. The van der Waals surface area contributed by atoms with Crippen LogP contribution in [0, 0.1) is 5.92 Å². The number of ether oxygens (including phenoxy) is 1. The molecule has 5 heteroatoms. The van der Waals surface area contributed by atoms with Gasteiger partial charge in [-0.05, 0) is 42.5 Å². The van der Waals surface area contributed by atoms with Crippen LogP contribution in [0.3, 0.4) is 0 Å². The molecule has 2 aliphatic heterocycles. The van der Waals surface area contributed by atoms with Gasteiger partial charge in [-0.15, -0.1) is 23.1 Å². The number of carbonyl (C=O) groups excluding carboxylic acids is 1. The number of thiophene rings is 1. The Morgan fingerprint density at radius 2 is 2.45 bits per heavy atom. The van der Waals surface area contributed by atoms with Gasteiger partial charge in [-0.25, -0.2) is 0 Å². The van der Waals surface area contributed by atoms with Gasteiger partial charge in [0.25, 0.3) is 0 Å². The summed E-state index contributed by atoms with van der Waals surface area (Å²) in [6, 6.07) is 2.14. The summed E-state index contributed by atoms with van der Waals surface area (Å²) in [7, 11) is 0. The van der Waals surface area contributed by atoms with E-state index < -0.39 is 0 Å². The van der Waals surface area contributed by atoms with Crippen molar-refractivity contribution in [3.05, 3.63) is 21.9 Å². The van der Waals surface area contributed by atoms with E-state index in [2.05, 4.69) is 11.4 Å². The molecule has 0 radical (unpaired) electrons. The number of amides is 1. The number of aryl methyl sites for hydroxylation is 1. The van der Waals surface area contributed by atoms with Crippen molar-refractivity contribution in [1.29, 1.82) is 0 Å². The predicted molar refractivity (Wildman–Crippen MR) is 84.4 cm³/mol. The van der Waals surface area contributed by atoms with E-state index in [0.717, 1.165) is 44.9 Å². The van der Waals surface area contributed by atoms with Crippen molar-refractivity contribution < 1.29 is 9.53 Å². The maximum atomic E-state index is 12.7. The summed E-state index contributed by atoms with van der Waals surface area (Å²) in [5.74, 6) is 1.91. The Hall–Kier alpha value is -0.520. The van der Waals surface area contributed by atoms with Crippen LogP contribution in [0.25, 0.3) is 0 Å². The van der Waals surface area contributed by atoms with E-state index in [-0.39, 0.29) is 5.25 Å². The van der Waals surface area contributed by atoms with Crippen molar-refractivity contribution in [3.63, 3.8) is 0 Å². The standard InChI is InChI=1S/C15H21NO2S2/c1-2-18-10-11-3-6-16(9-11)15(17)14-12-4-7-19-13(12)5-8-20-14/h4,7,11,14H,2-3,5-6,8-10H2,1H3/t11-,14+/m1/s1. The van der Waals surface area contributed by atoms with Gasteiger partial charge in [0.1, 0.15) is 5.25 Å². The second-order valence-electron chi connectivity index (χ2n) is 5.40. The summed E-state index contributed by atoms with van der Waals surface area (Å²) in [5, 5.41) is 2.16. The van der Waals surface area contributed by atoms with Crippen LogP contribution in [-0.2, 0) is 16.0 Å². The van der Waals surface area contributed by atoms with Crippen LogP contribution in [0.1, 0.15) is 29.0 Å². The highest BCUT2D eigenvalue weighted by atomic mass is 32.2. The molecule has 3 rings (SSSR count). The lowest BCUT2D eigenvalue weighted by Gasteiger charge is -2.26. The molecule has 110 valence electrons. The summed E-state index contributed by atoms with van der Waals surface area (Å²) in [4.78, 5) is 16.2. The summed E-state index contributed by atoms with van der Waals surface area (Å²) in [6.07, 6.45) is 2.20.